The van der Waals surface area contributed by atoms with E-state index in [9.17, 15) is 0 Å². The quantitative estimate of drug-likeness (QED) is 0.177. The Hall–Kier alpha value is -6.42. The molecule has 3 aromatic heterocycles. The number of rotatable bonds is 4. The van der Waals surface area contributed by atoms with Crippen molar-refractivity contribution >= 4 is 75.1 Å². The molecule has 3 heterocycles. The molecule has 0 aliphatic heterocycles. The number of benzene rings is 8. The van der Waals surface area contributed by atoms with E-state index in [1.807, 2.05) is 11.3 Å². The molecule has 0 unspecified atom stereocenters. The number of hydrogen-bond donors (Lipinski definition) is 0. The van der Waals surface area contributed by atoms with Crippen molar-refractivity contribution in [1.82, 2.24) is 9.13 Å². The molecule has 0 amide bonds. The van der Waals surface area contributed by atoms with Gasteiger partial charge in [0.1, 0.15) is 0 Å². The molecule has 8 aromatic carbocycles. The largest absolute Gasteiger partial charge is 0.309 e. The molecule has 238 valence electrons. The van der Waals surface area contributed by atoms with E-state index >= 15 is 0 Å². The molecule has 0 saturated carbocycles. The summed E-state index contributed by atoms with van der Waals surface area (Å²) >= 11 is 1.88. The van der Waals surface area contributed by atoms with E-state index in [1.165, 1.54) is 91.7 Å². The van der Waals surface area contributed by atoms with Crippen molar-refractivity contribution in [2.45, 2.75) is 0 Å². The van der Waals surface area contributed by atoms with Crippen LogP contribution in [0.1, 0.15) is 0 Å². The molecule has 0 atom stereocenters. The van der Waals surface area contributed by atoms with Crippen molar-refractivity contribution in [2.75, 3.05) is 0 Å². The highest BCUT2D eigenvalue weighted by Gasteiger charge is 2.18. The Balaban J connectivity index is 0.991. The molecule has 2 nitrogen and oxygen atoms in total. The van der Waals surface area contributed by atoms with E-state index < -0.39 is 0 Å². The maximum absolute atomic E-state index is 2.43. The van der Waals surface area contributed by atoms with Gasteiger partial charge in [-0.25, -0.2) is 0 Å². The molecule has 0 aliphatic carbocycles. The van der Waals surface area contributed by atoms with Crippen molar-refractivity contribution in [3.05, 3.63) is 182 Å². The van der Waals surface area contributed by atoms with Crippen LogP contribution in [-0.4, -0.2) is 9.13 Å². The van der Waals surface area contributed by atoms with Gasteiger partial charge >= 0.3 is 0 Å². The zero-order valence-corrected chi connectivity index (χ0v) is 28.4. The van der Waals surface area contributed by atoms with Gasteiger partial charge in [-0.3, -0.25) is 0 Å². The zero-order chi connectivity index (χ0) is 33.5. The van der Waals surface area contributed by atoms with E-state index in [2.05, 4.69) is 191 Å². The molecule has 0 saturated heterocycles. The Morgan fingerprint density at radius 2 is 0.804 bits per heavy atom. The van der Waals surface area contributed by atoms with Crippen LogP contribution in [-0.2, 0) is 0 Å². The van der Waals surface area contributed by atoms with Crippen LogP contribution in [0.4, 0.5) is 0 Å². The molecule has 11 rings (SSSR count). The molecule has 3 heteroatoms. The first kappa shape index (κ1) is 28.4. The summed E-state index contributed by atoms with van der Waals surface area (Å²) in [6.45, 7) is 0. The van der Waals surface area contributed by atoms with Gasteiger partial charge in [0.05, 0.1) is 22.1 Å². The van der Waals surface area contributed by atoms with Gasteiger partial charge in [-0.1, -0.05) is 115 Å². The Labute approximate surface area is 298 Å². The monoisotopic (exact) mass is 666 g/mol. The van der Waals surface area contributed by atoms with Crippen LogP contribution >= 0.6 is 11.3 Å². The smallest absolute Gasteiger partial charge is 0.0548 e. The van der Waals surface area contributed by atoms with Crippen LogP contribution in [0.15, 0.2) is 182 Å². The summed E-state index contributed by atoms with van der Waals surface area (Å²) in [5, 5.41) is 7.86. The highest BCUT2D eigenvalue weighted by Crippen LogP contribution is 2.43. The molecule has 51 heavy (non-hydrogen) atoms. The zero-order valence-electron chi connectivity index (χ0n) is 27.6. The summed E-state index contributed by atoms with van der Waals surface area (Å²) in [5.41, 5.74) is 12.1. The first-order valence-corrected chi connectivity index (χ1v) is 18.3. The third-order valence-electron chi connectivity index (χ3n) is 10.5. The van der Waals surface area contributed by atoms with E-state index in [0.29, 0.717) is 0 Å². The minimum absolute atomic E-state index is 1.16. The lowest BCUT2D eigenvalue weighted by Crippen LogP contribution is -1.94. The van der Waals surface area contributed by atoms with Gasteiger partial charge in [-0.15, -0.1) is 11.3 Å². The predicted octanol–water partition coefficient (Wildman–Crippen LogP) is 13.6. The van der Waals surface area contributed by atoms with Crippen LogP contribution in [0.5, 0.6) is 0 Å². The first-order valence-electron chi connectivity index (χ1n) is 17.4. The van der Waals surface area contributed by atoms with E-state index in [1.54, 1.807) is 0 Å². The van der Waals surface area contributed by atoms with Gasteiger partial charge in [0.15, 0.2) is 0 Å². The van der Waals surface area contributed by atoms with Crippen LogP contribution in [0, 0.1) is 0 Å². The Morgan fingerprint density at radius 1 is 0.294 bits per heavy atom. The molecule has 0 fully saturated rings. The minimum Gasteiger partial charge on any atom is -0.309 e. The maximum atomic E-state index is 2.43. The molecule has 0 aliphatic rings. The van der Waals surface area contributed by atoms with Crippen LogP contribution < -0.4 is 0 Å². The lowest BCUT2D eigenvalue weighted by atomic mass is 10.0. The third-order valence-corrected chi connectivity index (χ3v) is 11.7. The van der Waals surface area contributed by atoms with E-state index in [0.717, 1.165) is 5.69 Å². The van der Waals surface area contributed by atoms with Gasteiger partial charge in [0.2, 0.25) is 0 Å². The van der Waals surface area contributed by atoms with Gasteiger partial charge in [-0.05, 0) is 89.0 Å². The second kappa shape index (κ2) is 11.0. The highest BCUT2D eigenvalue weighted by molar-refractivity contribution is 7.26. The van der Waals surface area contributed by atoms with Gasteiger partial charge in [0, 0.05) is 53.1 Å². The molecule has 0 N–H and O–H groups in total. The van der Waals surface area contributed by atoms with Crippen molar-refractivity contribution in [3.63, 3.8) is 0 Å². The fourth-order valence-corrected chi connectivity index (χ4v) is 9.33. The summed E-state index contributed by atoms with van der Waals surface area (Å²) in [4.78, 5) is 0. The number of para-hydroxylation sites is 2. The average Bonchev–Trinajstić information content (AvgIpc) is 3.86. The number of thiophene rings is 1. The lowest BCUT2D eigenvalue weighted by Gasteiger charge is -2.11. The van der Waals surface area contributed by atoms with Crippen LogP contribution in [0.2, 0.25) is 0 Å². The fraction of sp³-hybridized carbons (Fsp3) is 0. The van der Waals surface area contributed by atoms with Gasteiger partial charge in [0.25, 0.3) is 0 Å². The molecule has 11 aromatic rings. The summed E-state index contributed by atoms with van der Waals surface area (Å²) in [5.74, 6) is 0. The number of hydrogen-bond acceptors (Lipinski definition) is 1. The Kier molecular flexibility index (Phi) is 6.16. The number of nitrogens with zero attached hydrogens (tertiary/aromatic N) is 2. The standard InChI is InChI=1S/C48H30N2S/c1-2-10-31(11-3-1)34-22-27-43-40(30-34)37-12-4-7-15-41(37)49(43)35-23-18-32(19-24-35)33-20-25-36(26-21-33)50-42-16-8-5-13-38(42)47-44(50)28-29-46-48(47)39-14-6-9-17-45(39)51-46/h1-30H. The molecule has 0 spiro atoms. The van der Waals surface area contributed by atoms with Crippen molar-refractivity contribution in [1.29, 1.82) is 0 Å². The molecular weight excluding hydrogens is 637 g/mol. The first-order chi connectivity index (χ1) is 25.3. The maximum Gasteiger partial charge on any atom is 0.0548 e. The number of aromatic nitrogens is 2. The van der Waals surface area contributed by atoms with Crippen LogP contribution in [0.3, 0.4) is 0 Å². The summed E-state index contributed by atoms with van der Waals surface area (Å²) < 4.78 is 7.49. The van der Waals surface area contributed by atoms with Crippen molar-refractivity contribution < 1.29 is 0 Å². The van der Waals surface area contributed by atoms with Gasteiger partial charge < -0.3 is 9.13 Å². The molecule has 0 radical (unpaired) electrons. The lowest BCUT2D eigenvalue weighted by molar-refractivity contribution is 1.18. The second-order valence-electron chi connectivity index (χ2n) is 13.3. The SMILES string of the molecule is c1ccc(-c2ccc3c(c2)c2ccccc2n3-c2ccc(-c3ccc(-n4c5ccccc5c5c6c(ccc54)sc4ccccc46)cc3)cc2)cc1. The topological polar surface area (TPSA) is 9.86 Å². The normalized spacial score (nSPS) is 11.9. The second-order valence-corrected chi connectivity index (χ2v) is 14.4. The van der Waals surface area contributed by atoms with Crippen molar-refractivity contribution in [3.8, 4) is 33.6 Å². The fourth-order valence-electron chi connectivity index (χ4n) is 8.22. The summed E-state index contributed by atoms with van der Waals surface area (Å²) in [6.07, 6.45) is 0. The Morgan fingerprint density at radius 3 is 1.53 bits per heavy atom. The van der Waals surface area contributed by atoms with Crippen molar-refractivity contribution in [2.24, 2.45) is 0 Å². The third kappa shape index (κ3) is 4.29. The van der Waals surface area contributed by atoms with E-state index in [4.69, 9.17) is 0 Å². The Bertz CT molecular complexity index is 3100. The summed E-state index contributed by atoms with van der Waals surface area (Å²) in [6, 6.07) is 66.5. The predicted molar refractivity (Wildman–Crippen MR) is 219 cm³/mol. The summed E-state index contributed by atoms with van der Waals surface area (Å²) in [7, 11) is 0. The van der Waals surface area contributed by atoms with Gasteiger partial charge in [-0.2, -0.15) is 0 Å². The average molecular weight is 667 g/mol. The minimum atomic E-state index is 1.16. The molecular formula is C48H30N2S. The van der Waals surface area contributed by atoms with E-state index in [-0.39, 0.29) is 0 Å². The highest BCUT2D eigenvalue weighted by atomic mass is 32.1. The molecule has 0 bridgehead atoms. The van der Waals surface area contributed by atoms with Crippen LogP contribution in [0.25, 0.3) is 97.4 Å². The number of fused-ring (bicyclic) bond motifs is 10.